The third-order valence-electron chi connectivity index (χ3n) is 5.13. The van der Waals surface area contributed by atoms with Crippen molar-refractivity contribution < 1.29 is 22.7 Å². The van der Waals surface area contributed by atoms with Crippen molar-refractivity contribution in [2.75, 3.05) is 24.7 Å². The fourth-order valence-corrected chi connectivity index (χ4v) is 5.43. The molecule has 148 valence electrons. The third-order valence-corrected chi connectivity index (χ3v) is 6.88. The lowest BCUT2D eigenvalue weighted by Gasteiger charge is -2.29. The van der Waals surface area contributed by atoms with Gasteiger partial charge in [0.1, 0.15) is 13.2 Å². The van der Waals surface area contributed by atoms with Gasteiger partial charge in [-0.15, -0.1) is 0 Å². The average Bonchev–Trinajstić information content (AvgIpc) is 3.06. The molecule has 0 aliphatic carbocycles. The number of rotatable bonds is 5. The van der Waals surface area contributed by atoms with Gasteiger partial charge in [-0.3, -0.25) is 4.79 Å². The third kappa shape index (κ3) is 4.30. The van der Waals surface area contributed by atoms with E-state index in [1.165, 1.54) is 0 Å². The van der Waals surface area contributed by atoms with Crippen molar-refractivity contribution in [3.63, 3.8) is 0 Å². The summed E-state index contributed by atoms with van der Waals surface area (Å²) in [6.07, 6.45) is 0.683. The Morgan fingerprint density at radius 3 is 2.46 bits per heavy atom. The van der Waals surface area contributed by atoms with E-state index in [2.05, 4.69) is 0 Å². The molecule has 4 rings (SSSR count). The molecule has 1 amide bonds. The Labute approximate surface area is 165 Å². The molecule has 2 heterocycles. The van der Waals surface area contributed by atoms with Crippen LogP contribution in [0, 0.1) is 0 Å². The zero-order chi connectivity index (χ0) is 19.6. The molecule has 0 spiro atoms. The van der Waals surface area contributed by atoms with Crippen LogP contribution in [-0.4, -0.2) is 50.0 Å². The SMILES string of the molecule is O=C(Cc1ccc2c(c1)OCCO2)N(Cc1ccccc1)[C@@H]1CCS(=O)(=O)C1. The molecule has 2 aliphatic rings. The number of carbonyl (C=O) groups excluding carboxylic acids is 1. The van der Waals surface area contributed by atoms with Crippen molar-refractivity contribution in [1.82, 2.24) is 4.90 Å². The van der Waals surface area contributed by atoms with Gasteiger partial charge in [0.25, 0.3) is 0 Å². The zero-order valence-corrected chi connectivity index (χ0v) is 16.4. The van der Waals surface area contributed by atoms with Crippen LogP contribution in [0.2, 0.25) is 0 Å². The molecule has 0 aromatic heterocycles. The molecule has 2 aromatic carbocycles. The van der Waals surface area contributed by atoms with Gasteiger partial charge in [-0.1, -0.05) is 36.4 Å². The minimum Gasteiger partial charge on any atom is -0.486 e. The Balaban J connectivity index is 1.54. The number of sulfone groups is 1. The van der Waals surface area contributed by atoms with Crippen molar-refractivity contribution in [3.8, 4) is 11.5 Å². The first-order valence-corrected chi connectivity index (χ1v) is 11.2. The second-order valence-corrected chi connectivity index (χ2v) is 9.45. The predicted molar refractivity (Wildman–Crippen MR) is 105 cm³/mol. The van der Waals surface area contributed by atoms with Gasteiger partial charge in [0.15, 0.2) is 21.3 Å². The summed E-state index contributed by atoms with van der Waals surface area (Å²) in [5.74, 6) is 1.43. The monoisotopic (exact) mass is 401 g/mol. The average molecular weight is 401 g/mol. The molecular weight excluding hydrogens is 378 g/mol. The highest BCUT2D eigenvalue weighted by atomic mass is 32.2. The number of ether oxygens (including phenoxy) is 2. The summed E-state index contributed by atoms with van der Waals surface area (Å²) in [5, 5.41) is 0. The molecule has 0 saturated carbocycles. The summed E-state index contributed by atoms with van der Waals surface area (Å²) >= 11 is 0. The van der Waals surface area contributed by atoms with Gasteiger partial charge in [0.2, 0.25) is 5.91 Å². The van der Waals surface area contributed by atoms with Gasteiger partial charge in [-0.05, 0) is 29.7 Å². The van der Waals surface area contributed by atoms with E-state index in [9.17, 15) is 13.2 Å². The van der Waals surface area contributed by atoms with E-state index in [0.717, 1.165) is 11.1 Å². The smallest absolute Gasteiger partial charge is 0.227 e. The number of carbonyl (C=O) groups is 1. The molecule has 0 bridgehead atoms. The molecule has 2 aromatic rings. The van der Waals surface area contributed by atoms with Crippen LogP contribution in [0.5, 0.6) is 11.5 Å². The second kappa shape index (κ2) is 7.83. The van der Waals surface area contributed by atoms with Gasteiger partial charge in [-0.2, -0.15) is 0 Å². The van der Waals surface area contributed by atoms with Gasteiger partial charge in [0.05, 0.1) is 17.9 Å². The normalized spacial score (nSPS) is 19.9. The standard InChI is InChI=1S/C21H23NO5S/c23-21(13-17-6-7-19-20(12-17)27-10-9-26-19)22(14-16-4-2-1-3-5-16)18-8-11-28(24,25)15-18/h1-7,12,18H,8-11,13-15H2/t18-/m1/s1. The van der Waals surface area contributed by atoms with Crippen molar-refractivity contribution >= 4 is 15.7 Å². The van der Waals surface area contributed by atoms with Crippen molar-refractivity contribution in [2.24, 2.45) is 0 Å². The van der Waals surface area contributed by atoms with Crippen molar-refractivity contribution in [3.05, 3.63) is 59.7 Å². The minimum absolute atomic E-state index is 0.0344. The van der Waals surface area contributed by atoms with Gasteiger partial charge in [0, 0.05) is 12.6 Å². The Morgan fingerprint density at radius 2 is 1.75 bits per heavy atom. The quantitative estimate of drug-likeness (QED) is 0.768. The van der Waals surface area contributed by atoms with Crippen LogP contribution in [0.3, 0.4) is 0 Å². The van der Waals surface area contributed by atoms with Crippen molar-refractivity contribution in [2.45, 2.75) is 25.4 Å². The first kappa shape index (κ1) is 18.8. The van der Waals surface area contributed by atoms with Crippen LogP contribution in [0.25, 0.3) is 0 Å². The number of fused-ring (bicyclic) bond motifs is 1. The van der Waals surface area contributed by atoms with Crippen LogP contribution in [0.4, 0.5) is 0 Å². The van der Waals surface area contributed by atoms with Crippen LogP contribution < -0.4 is 9.47 Å². The molecule has 1 saturated heterocycles. The van der Waals surface area contributed by atoms with Crippen LogP contribution in [0.1, 0.15) is 17.5 Å². The lowest BCUT2D eigenvalue weighted by atomic mass is 10.1. The molecule has 1 fully saturated rings. The first-order valence-electron chi connectivity index (χ1n) is 9.42. The summed E-state index contributed by atoms with van der Waals surface area (Å²) in [7, 11) is -3.08. The Hall–Kier alpha value is -2.54. The van der Waals surface area contributed by atoms with Crippen LogP contribution >= 0.6 is 0 Å². The predicted octanol–water partition coefficient (Wildman–Crippen LogP) is 2.22. The minimum atomic E-state index is -3.08. The molecule has 0 N–H and O–H groups in total. The number of benzene rings is 2. The van der Waals surface area contributed by atoms with E-state index in [0.29, 0.717) is 37.7 Å². The lowest BCUT2D eigenvalue weighted by molar-refractivity contribution is -0.133. The Morgan fingerprint density at radius 1 is 1.00 bits per heavy atom. The number of nitrogens with zero attached hydrogens (tertiary/aromatic N) is 1. The molecule has 0 radical (unpaired) electrons. The molecular formula is C21H23NO5S. The summed E-state index contributed by atoms with van der Waals surface area (Å²) in [6, 6.07) is 14.9. The van der Waals surface area contributed by atoms with Crippen LogP contribution in [-0.2, 0) is 27.6 Å². The number of hydrogen-bond donors (Lipinski definition) is 0. The number of hydrogen-bond acceptors (Lipinski definition) is 5. The van der Waals surface area contributed by atoms with E-state index >= 15 is 0 Å². The molecule has 7 heteroatoms. The largest absolute Gasteiger partial charge is 0.486 e. The topological polar surface area (TPSA) is 72.9 Å². The molecule has 6 nitrogen and oxygen atoms in total. The van der Waals surface area contributed by atoms with E-state index in [4.69, 9.17) is 9.47 Å². The number of amides is 1. The summed E-state index contributed by atoms with van der Waals surface area (Å²) in [4.78, 5) is 14.9. The summed E-state index contributed by atoms with van der Waals surface area (Å²) < 4.78 is 35.1. The highest BCUT2D eigenvalue weighted by molar-refractivity contribution is 7.91. The highest BCUT2D eigenvalue weighted by Gasteiger charge is 2.34. The van der Waals surface area contributed by atoms with Gasteiger partial charge < -0.3 is 14.4 Å². The summed E-state index contributed by atoms with van der Waals surface area (Å²) in [5.41, 5.74) is 1.82. The van der Waals surface area contributed by atoms with Crippen molar-refractivity contribution in [1.29, 1.82) is 0 Å². The van der Waals surface area contributed by atoms with E-state index in [1.807, 2.05) is 48.5 Å². The lowest BCUT2D eigenvalue weighted by Crippen LogP contribution is -2.41. The second-order valence-electron chi connectivity index (χ2n) is 7.22. The summed E-state index contributed by atoms with van der Waals surface area (Å²) in [6.45, 7) is 1.42. The molecule has 2 aliphatic heterocycles. The maximum absolute atomic E-state index is 13.1. The van der Waals surface area contributed by atoms with Gasteiger partial charge >= 0.3 is 0 Å². The van der Waals surface area contributed by atoms with Crippen LogP contribution in [0.15, 0.2) is 48.5 Å². The highest BCUT2D eigenvalue weighted by Crippen LogP contribution is 2.31. The van der Waals surface area contributed by atoms with E-state index in [1.54, 1.807) is 4.90 Å². The molecule has 0 unspecified atom stereocenters. The van der Waals surface area contributed by atoms with E-state index < -0.39 is 9.84 Å². The molecule has 1 atom stereocenters. The fraction of sp³-hybridized carbons (Fsp3) is 0.381. The first-order chi connectivity index (χ1) is 13.5. The fourth-order valence-electron chi connectivity index (χ4n) is 3.70. The molecule has 28 heavy (non-hydrogen) atoms. The van der Waals surface area contributed by atoms with E-state index in [-0.39, 0.29) is 29.9 Å². The zero-order valence-electron chi connectivity index (χ0n) is 15.5. The Bertz CT molecular complexity index is 958. The maximum atomic E-state index is 13.1. The maximum Gasteiger partial charge on any atom is 0.227 e. The Kier molecular flexibility index (Phi) is 5.26. The van der Waals surface area contributed by atoms with Gasteiger partial charge in [-0.25, -0.2) is 8.42 Å².